The van der Waals surface area contributed by atoms with Gasteiger partial charge >= 0.3 is 0 Å². The maximum atomic E-state index is 12.2. The summed E-state index contributed by atoms with van der Waals surface area (Å²) in [5.41, 5.74) is 0.667. The van der Waals surface area contributed by atoms with Crippen LogP contribution in [0.25, 0.3) is 0 Å². The Morgan fingerprint density at radius 3 is 2.76 bits per heavy atom. The van der Waals surface area contributed by atoms with Crippen LogP contribution in [0.15, 0.2) is 18.2 Å². The van der Waals surface area contributed by atoms with E-state index in [4.69, 9.17) is 21.1 Å². The van der Waals surface area contributed by atoms with E-state index in [9.17, 15) is 9.59 Å². The summed E-state index contributed by atoms with van der Waals surface area (Å²) in [5, 5.41) is 3.47. The van der Waals surface area contributed by atoms with Crippen molar-refractivity contribution in [3.8, 4) is 5.75 Å². The third kappa shape index (κ3) is 3.46. The minimum absolute atomic E-state index is 0.131. The second kappa shape index (κ2) is 6.78. The first-order valence-corrected chi connectivity index (χ1v) is 6.88. The Morgan fingerprint density at radius 1 is 1.38 bits per heavy atom. The van der Waals surface area contributed by atoms with Gasteiger partial charge in [0.15, 0.2) is 0 Å². The maximum absolute atomic E-state index is 12.2. The lowest BCUT2D eigenvalue weighted by Gasteiger charge is -2.16. The van der Waals surface area contributed by atoms with Crippen molar-refractivity contribution in [3.05, 3.63) is 23.2 Å². The standard InChI is InChI=1S/C14H17ClN2O4/c1-20-6-5-17-13(18)8-11(14(17)19)16-9-3-4-12(21-2)10(15)7-9/h3-4,7,11,16H,5-6,8H2,1-2H3/t11-/m1/s1. The van der Waals surface area contributed by atoms with Gasteiger partial charge in [-0.1, -0.05) is 11.6 Å². The van der Waals surface area contributed by atoms with Gasteiger partial charge in [0.05, 0.1) is 31.7 Å². The van der Waals surface area contributed by atoms with Crippen LogP contribution < -0.4 is 10.1 Å². The average molecular weight is 313 g/mol. The lowest BCUT2D eigenvalue weighted by atomic mass is 10.2. The van der Waals surface area contributed by atoms with E-state index in [0.717, 1.165) is 0 Å². The number of nitrogens with zero attached hydrogens (tertiary/aromatic N) is 1. The Bertz CT molecular complexity index is 550. The summed E-state index contributed by atoms with van der Waals surface area (Å²) in [6, 6.07) is 4.55. The summed E-state index contributed by atoms with van der Waals surface area (Å²) in [5.74, 6) is 0.107. The van der Waals surface area contributed by atoms with Crippen molar-refractivity contribution in [2.45, 2.75) is 12.5 Å². The number of hydrogen-bond acceptors (Lipinski definition) is 5. The van der Waals surface area contributed by atoms with E-state index in [1.807, 2.05) is 0 Å². The fourth-order valence-corrected chi connectivity index (χ4v) is 2.43. The number of nitrogens with one attached hydrogen (secondary N) is 1. The quantitative estimate of drug-likeness (QED) is 0.807. The largest absolute Gasteiger partial charge is 0.495 e. The molecule has 1 aromatic rings. The predicted molar refractivity (Wildman–Crippen MR) is 78.6 cm³/mol. The van der Waals surface area contributed by atoms with Gasteiger partial charge in [0.1, 0.15) is 11.8 Å². The summed E-state index contributed by atoms with van der Waals surface area (Å²) >= 11 is 6.03. The summed E-state index contributed by atoms with van der Waals surface area (Å²) in [6.45, 7) is 0.605. The SMILES string of the molecule is COCCN1C(=O)C[C@@H](Nc2ccc(OC)c(Cl)c2)C1=O. The molecule has 6 nitrogen and oxygen atoms in total. The van der Waals surface area contributed by atoms with Crippen LogP contribution in [0.2, 0.25) is 5.02 Å². The third-order valence-electron chi connectivity index (χ3n) is 3.26. The number of rotatable bonds is 6. The van der Waals surface area contributed by atoms with E-state index in [2.05, 4.69) is 5.32 Å². The molecule has 0 aliphatic carbocycles. The Morgan fingerprint density at radius 2 is 2.14 bits per heavy atom. The average Bonchev–Trinajstić information content (AvgIpc) is 2.72. The van der Waals surface area contributed by atoms with Gasteiger partial charge in [-0.2, -0.15) is 0 Å². The zero-order valence-electron chi connectivity index (χ0n) is 11.9. The minimum atomic E-state index is -0.571. The highest BCUT2D eigenvalue weighted by atomic mass is 35.5. The molecule has 1 fully saturated rings. The van der Waals surface area contributed by atoms with E-state index in [1.165, 1.54) is 19.1 Å². The van der Waals surface area contributed by atoms with Crippen LogP contribution in [0.3, 0.4) is 0 Å². The molecule has 114 valence electrons. The van der Waals surface area contributed by atoms with E-state index in [-0.39, 0.29) is 24.8 Å². The molecule has 0 bridgehead atoms. The van der Waals surface area contributed by atoms with Crippen LogP contribution in [-0.4, -0.2) is 50.1 Å². The van der Waals surface area contributed by atoms with Gasteiger partial charge < -0.3 is 14.8 Å². The van der Waals surface area contributed by atoms with Gasteiger partial charge in [0.25, 0.3) is 5.91 Å². The molecule has 0 spiro atoms. The molecule has 1 saturated heterocycles. The minimum Gasteiger partial charge on any atom is -0.495 e. The Kier molecular flexibility index (Phi) is 5.03. The van der Waals surface area contributed by atoms with E-state index in [1.54, 1.807) is 18.2 Å². The van der Waals surface area contributed by atoms with E-state index >= 15 is 0 Å². The summed E-state index contributed by atoms with van der Waals surface area (Å²) in [4.78, 5) is 25.2. The molecule has 1 aliphatic rings. The fraction of sp³-hybridized carbons (Fsp3) is 0.429. The lowest BCUT2D eigenvalue weighted by Crippen LogP contribution is -2.36. The number of likely N-dealkylation sites (tertiary alicyclic amines) is 1. The molecule has 0 unspecified atom stereocenters. The van der Waals surface area contributed by atoms with Crippen LogP contribution >= 0.6 is 11.6 Å². The fourth-order valence-electron chi connectivity index (χ4n) is 2.17. The molecule has 2 amide bonds. The second-order valence-corrected chi connectivity index (χ2v) is 5.03. The van der Waals surface area contributed by atoms with Gasteiger partial charge in [0, 0.05) is 12.8 Å². The third-order valence-corrected chi connectivity index (χ3v) is 3.55. The highest BCUT2D eigenvalue weighted by molar-refractivity contribution is 6.32. The number of imide groups is 1. The molecule has 0 aromatic heterocycles. The molecular weight excluding hydrogens is 296 g/mol. The first kappa shape index (κ1) is 15.6. The van der Waals surface area contributed by atoms with Crippen molar-refractivity contribution in [2.24, 2.45) is 0 Å². The highest BCUT2D eigenvalue weighted by Gasteiger charge is 2.38. The van der Waals surface area contributed by atoms with Gasteiger partial charge in [-0.25, -0.2) is 0 Å². The zero-order valence-corrected chi connectivity index (χ0v) is 12.6. The van der Waals surface area contributed by atoms with Crippen LogP contribution in [0, 0.1) is 0 Å². The first-order chi connectivity index (χ1) is 10.1. The second-order valence-electron chi connectivity index (χ2n) is 4.63. The van der Waals surface area contributed by atoms with Crippen LogP contribution in [-0.2, 0) is 14.3 Å². The molecule has 1 aromatic carbocycles. The number of halogens is 1. The van der Waals surface area contributed by atoms with Crippen LogP contribution in [0.1, 0.15) is 6.42 Å². The molecule has 21 heavy (non-hydrogen) atoms. The van der Waals surface area contributed by atoms with Crippen molar-refractivity contribution in [2.75, 3.05) is 32.7 Å². The zero-order chi connectivity index (χ0) is 15.4. The molecule has 1 atom stereocenters. The monoisotopic (exact) mass is 312 g/mol. The Hall–Kier alpha value is -1.79. The number of anilines is 1. The number of carbonyl (C=O) groups is 2. The Labute approximate surface area is 128 Å². The molecular formula is C14H17ClN2O4. The van der Waals surface area contributed by atoms with Crippen LogP contribution in [0.4, 0.5) is 5.69 Å². The normalized spacial score (nSPS) is 18.2. The number of hydrogen-bond donors (Lipinski definition) is 1. The van der Waals surface area contributed by atoms with Crippen LogP contribution in [0.5, 0.6) is 5.75 Å². The number of methoxy groups -OCH3 is 2. The number of ether oxygens (including phenoxy) is 2. The smallest absolute Gasteiger partial charge is 0.252 e. The topological polar surface area (TPSA) is 67.9 Å². The van der Waals surface area contributed by atoms with E-state index < -0.39 is 6.04 Å². The molecule has 1 N–H and O–H groups in total. The molecule has 2 rings (SSSR count). The predicted octanol–water partition coefficient (Wildman–Crippen LogP) is 1.53. The maximum Gasteiger partial charge on any atom is 0.252 e. The summed E-state index contributed by atoms with van der Waals surface area (Å²) < 4.78 is 9.96. The molecule has 7 heteroatoms. The molecule has 0 radical (unpaired) electrons. The van der Waals surface area contributed by atoms with Gasteiger partial charge in [-0.15, -0.1) is 0 Å². The molecule has 1 aliphatic heterocycles. The van der Waals surface area contributed by atoms with Gasteiger partial charge in [0.2, 0.25) is 5.91 Å². The van der Waals surface area contributed by atoms with Crippen molar-refractivity contribution >= 4 is 29.1 Å². The summed E-state index contributed by atoms with van der Waals surface area (Å²) in [7, 11) is 3.06. The molecule has 0 saturated carbocycles. The summed E-state index contributed by atoms with van der Waals surface area (Å²) in [6.07, 6.45) is 0.131. The Balaban J connectivity index is 2.05. The highest BCUT2D eigenvalue weighted by Crippen LogP contribution is 2.28. The van der Waals surface area contributed by atoms with Gasteiger partial charge in [-0.3, -0.25) is 14.5 Å². The number of benzene rings is 1. The van der Waals surface area contributed by atoms with Crippen molar-refractivity contribution in [1.82, 2.24) is 4.90 Å². The van der Waals surface area contributed by atoms with E-state index in [0.29, 0.717) is 23.1 Å². The van der Waals surface area contributed by atoms with Crippen molar-refractivity contribution in [3.63, 3.8) is 0 Å². The number of amides is 2. The van der Waals surface area contributed by atoms with Gasteiger partial charge in [-0.05, 0) is 18.2 Å². The lowest BCUT2D eigenvalue weighted by molar-refractivity contribution is -0.139. The van der Waals surface area contributed by atoms with Crippen molar-refractivity contribution < 1.29 is 19.1 Å². The molecule has 1 heterocycles. The number of carbonyl (C=O) groups excluding carboxylic acids is 2. The first-order valence-electron chi connectivity index (χ1n) is 6.50. The van der Waals surface area contributed by atoms with Crippen molar-refractivity contribution in [1.29, 1.82) is 0 Å².